The van der Waals surface area contributed by atoms with Crippen molar-refractivity contribution < 1.29 is 19.4 Å². The quantitative estimate of drug-likeness (QED) is 0.771. The Kier molecular flexibility index (Phi) is 6.71. The van der Waals surface area contributed by atoms with Crippen molar-refractivity contribution in [1.29, 1.82) is 0 Å². The first-order valence-electron chi connectivity index (χ1n) is 7.92. The summed E-state index contributed by atoms with van der Waals surface area (Å²) in [5.74, 6) is -0.984. The normalized spacial score (nSPS) is 11.9. The zero-order chi connectivity index (χ0) is 18.1. The number of carbonyl (C=O) groups is 2. The Bertz CT molecular complexity index is 727. The summed E-state index contributed by atoms with van der Waals surface area (Å²) < 4.78 is 5.37. The van der Waals surface area contributed by atoms with Crippen LogP contribution in [0.3, 0.4) is 0 Å². The smallest absolute Gasteiger partial charge is 0.326 e. The van der Waals surface area contributed by atoms with Crippen LogP contribution in [0.5, 0.6) is 5.75 Å². The first kappa shape index (κ1) is 18.2. The van der Waals surface area contributed by atoms with Gasteiger partial charge in [0.2, 0.25) is 0 Å². The van der Waals surface area contributed by atoms with Crippen LogP contribution in [0.4, 0.5) is 0 Å². The molecular formula is C19H20N2O4. The number of carboxylic acid groups (broad SMARTS) is 1. The van der Waals surface area contributed by atoms with E-state index in [2.05, 4.69) is 10.3 Å². The van der Waals surface area contributed by atoms with Gasteiger partial charge in [-0.25, -0.2) is 4.79 Å². The maximum atomic E-state index is 11.7. The minimum Gasteiger partial charge on any atom is -0.484 e. The highest BCUT2D eigenvalue weighted by Crippen LogP contribution is 2.14. The van der Waals surface area contributed by atoms with E-state index in [0.29, 0.717) is 12.2 Å². The third-order valence-corrected chi connectivity index (χ3v) is 3.43. The summed E-state index contributed by atoms with van der Waals surface area (Å²) >= 11 is 0. The fourth-order valence-corrected chi connectivity index (χ4v) is 2.05. The summed E-state index contributed by atoms with van der Waals surface area (Å²) in [5, 5.41) is 11.3. The molecule has 1 heterocycles. The Balaban J connectivity index is 1.85. The predicted octanol–water partition coefficient (Wildman–Crippen LogP) is 2.61. The minimum atomic E-state index is -1.06. The predicted molar refractivity (Wildman–Crippen MR) is 95.0 cm³/mol. The number of nitrogens with one attached hydrogen (secondary N) is 1. The van der Waals surface area contributed by atoms with Crippen molar-refractivity contribution in [1.82, 2.24) is 10.3 Å². The van der Waals surface area contributed by atoms with Gasteiger partial charge in [-0.15, -0.1) is 0 Å². The lowest BCUT2D eigenvalue weighted by molar-refractivity contribution is -0.142. The van der Waals surface area contributed by atoms with Gasteiger partial charge in [0, 0.05) is 6.20 Å². The van der Waals surface area contributed by atoms with Gasteiger partial charge in [0.25, 0.3) is 5.91 Å². The Labute approximate surface area is 146 Å². The molecule has 0 saturated heterocycles. The molecule has 0 saturated carbocycles. The molecule has 2 aromatic rings. The van der Waals surface area contributed by atoms with Crippen LogP contribution in [0.1, 0.15) is 24.6 Å². The third kappa shape index (κ3) is 6.10. The van der Waals surface area contributed by atoms with Crippen molar-refractivity contribution in [2.24, 2.45) is 0 Å². The maximum absolute atomic E-state index is 11.7. The van der Waals surface area contributed by atoms with E-state index in [1.54, 1.807) is 25.3 Å². The number of amides is 1. The molecule has 0 aliphatic rings. The molecule has 0 bridgehead atoms. The molecule has 0 spiro atoms. The van der Waals surface area contributed by atoms with E-state index in [1.165, 1.54) is 0 Å². The monoisotopic (exact) mass is 340 g/mol. The molecule has 1 aromatic carbocycles. The average Bonchev–Trinajstić information content (AvgIpc) is 2.64. The minimum absolute atomic E-state index is 0.229. The van der Waals surface area contributed by atoms with Crippen molar-refractivity contribution in [3.8, 4) is 5.75 Å². The van der Waals surface area contributed by atoms with Gasteiger partial charge in [0.15, 0.2) is 6.61 Å². The van der Waals surface area contributed by atoms with E-state index in [0.717, 1.165) is 11.3 Å². The number of pyridine rings is 1. The molecule has 1 unspecified atom stereocenters. The number of aromatic nitrogens is 1. The second-order valence-corrected chi connectivity index (χ2v) is 5.31. The van der Waals surface area contributed by atoms with Gasteiger partial charge in [-0.2, -0.15) is 0 Å². The number of hydrogen-bond donors (Lipinski definition) is 2. The molecule has 6 heteroatoms. The van der Waals surface area contributed by atoms with E-state index in [1.807, 2.05) is 42.5 Å². The second-order valence-electron chi connectivity index (χ2n) is 5.31. The van der Waals surface area contributed by atoms with E-state index in [9.17, 15) is 9.59 Å². The lowest BCUT2D eigenvalue weighted by Crippen LogP contribution is -2.42. The van der Waals surface area contributed by atoms with E-state index in [4.69, 9.17) is 9.84 Å². The number of benzene rings is 1. The molecule has 1 aromatic heterocycles. The molecule has 0 fully saturated rings. The van der Waals surface area contributed by atoms with Crippen LogP contribution in [0.15, 0.2) is 48.7 Å². The van der Waals surface area contributed by atoms with Gasteiger partial charge in [-0.05, 0) is 42.3 Å². The molecule has 0 aliphatic heterocycles. The molecule has 1 atom stereocenters. The summed E-state index contributed by atoms with van der Waals surface area (Å²) in [7, 11) is 0. The highest BCUT2D eigenvalue weighted by molar-refractivity contribution is 5.84. The van der Waals surface area contributed by atoms with Crippen LogP contribution < -0.4 is 10.1 Å². The summed E-state index contributed by atoms with van der Waals surface area (Å²) in [6.45, 7) is 1.46. The number of nitrogens with zero attached hydrogens (tertiary/aromatic N) is 1. The van der Waals surface area contributed by atoms with Gasteiger partial charge in [-0.1, -0.05) is 31.2 Å². The van der Waals surface area contributed by atoms with E-state index >= 15 is 0 Å². The number of rotatable bonds is 8. The molecule has 2 N–H and O–H groups in total. The summed E-state index contributed by atoms with van der Waals surface area (Å²) in [6.07, 6.45) is 5.88. The van der Waals surface area contributed by atoms with Gasteiger partial charge >= 0.3 is 5.97 Å². The average molecular weight is 340 g/mol. The molecular weight excluding hydrogens is 320 g/mol. The summed E-state index contributed by atoms with van der Waals surface area (Å²) in [6, 6.07) is 12.0. The lowest BCUT2D eigenvalue weighted by Gasteiger charge is -2.12. The number of carboxylic acids is 1. The Hall–Kier alpha value is -3.15. The molecule has 1 amide bonds. The number of carbonyl (C=O) groups excluding carboxylic acids is 1. The standard InChI is InChI=1S/C19H20N2O4/c1-2-17(19(23)24)21-18(22)13-25-16-10-7-14(8-11-16)6-9-15-5-3-4-12-20-15/h3-12,17H,2,13H2,1H3,(H,21,22)(H,23,24)/b9-6+. The fraction of sp³-hybridized carbons (Fsp3) is 0.211. The van der Waals surface area contributed by atoms with Crippen LogP contribution in [-0.2, 0) is 9.59 Å². The van der Waals surface area contributed by atoms with Gasteiger partial charge < -0.3 is 15.2 Å². The zero-order valence-corrected chi connectivity index (χ0v) is 13.9. The summed E-state index contributed by atoms with van der Waals surface area (Å²) in [4.78, 5) is 26.8. The maximum Gasteiger partial charge on any atom is 0.326 e. The largest absolute Gasteiger partial charge is 0.484 e. The molecule has 0 aliphatic carbocycles. The highest BCUT2D eigenvalue weighted by atomic mass is 16.5. The van der Waals surface area contributed by atoms with Gasteiger partial charge in [0.1, 0.15) is 11.8 Å². The fourth-order valence-electron chi connectivity index (χ4n) is 2.05. The lowest BCUT2D eigenvalue weighted by atomic mass is 10.2. The van der Waals surface area contributed by atoms with Crippen molar-refractivity contribution >= 4 is 24.0 Å². The van der Waals surface area contributed by atoms with Crippen molar-refractivity contribution in [3.05, 3.63) is 59.9 Å². The van der Waals surface area contributed by atoms with Gasteiger partial charge in [0.05, 0.1) is 5.69 Å². The topological polar surface area (TPSA) is 88.5 Å². The molecule has 25 heavy (non-hydrogen) atoms. The second kappa shape index (κ2) is 9.22. The molecule has 6 nitrogen and oxygen atoms in total. The third-order valence-electron chi connectivity index (χ3n) is 3.43. The summed E-state index contributed by atoms with van der Waals surface area (Å²) in [5.41, 5.74) is 1.84. The van der Waals surface area contributed by atoms with Crippen molar-refractivity contribution in [2.45, 2.75) is 19.4 Å². The van der Waals surface area contributed by atoms with Crippen LogP contribution in [-0.4, -0.2) is 34.6 Å². The van der Waals surface area contributed by atoms with Crippen molar-refractivity contribution in [2.75, 3.05) is 6.61 Å². The highest BCUT2D eigenvalue weighted by Gasteiger charge is 2.17. The Morgan fingerprint density at radius 1 is 1.20 bits per heavy atom. The molecule has 130 valence electrons. The first-order chi connectivity index (χ1) is 12.1. The van der Waals surface area contributed by atoms with E-state index < -0.39 is 17.9 Å². The van der Waals surface area contributed by atoms with Gasteiger partial charge in [-0.3, -0.25) is 9.78 Å². The Morgan fingerprint density at radius 3 is 2.56 bits per heavy atom. The van der Waals surface area contributed by atoms with Crippen molar-refractivity contribution in [3.63, 3.8) is 0 Å². The molecule has 0 radical (unpaired) electrons. The number of aliphatic carboxylic acids is 1. The SMILES string of the molecule is CCC(NC(=O)COc1ccc(/C=C/c2ccccn2)cc1)C(=O)O. The van der Waals surface area contributed by atoms with Crippen LogP contribution in [0, 0.1) is 0 Å². The zero-order valence-electron chi connectivity index (χ0n) is 13.9. The Morgan fingerprint density at radius 2 is 1.96 bits per heavy atom. The van der Waals surface area contributed by atoms with Crippen LogP contribution in [0.25, 0.3) is 12.2 Å². The first-order valence-corrected chi connectivity index (χ1v) is 7.92. The van der Waals surface area contributed by atoms with Crippen LogP contribution in [0.2, 0.25) is 0 Å². The van der Waals surface area contributed by atoms with E-state index in [-0.39, 0.29) is 6.61 Å². The number of hydrogen-bond acceptors (Lipinski definition) is 4. The van der Waals surface area contributed by atoms with Crippen LogP contribution >= 0.6 is 0 Å². The molecule has 2 rings (SSSR count). The number of ether oxygens (including phenoxy) is 1.